The summed E-state index contributed by atoms with van der Waals surface area (Å²) in [6, 6.07) is 15.6. The van der Waals surface area contributed by atoms with Crippen molar-refractivity contribution in [1.82, 2.24) is 10.2 Å². The molecule has 1 amide bonds. The molecule has 1 fully saturated rings. The Morgan fingerprint density at radius 2 is 1.64 bits per heavy atom. The molecule has 0 aliphatic carbocycles. The highest BCUT2D eigenvalue weighted by atomic mass is 16.5. The van der Waals surface area contributed by atoms with E-state index in [0.29, 0.717) is 12.3 Å². The summed E-state index contributed by atoms with van der Waals surface area (Å²) in [5.41, 5.74) is 2.45. The molecule has 1 aliphatic rings. The first-order valence-electron chi connectivity index (χ1n) is 10.0. The minimum Gasteiger partial charge on any atom is -0.497 e. The number of methoxy groups -OCH3 is 1. The smallest absolute Gasteiger partial charge is 0.261 e. The molecule has 3 rings (SSSR count). The fourth-order valence-corrected chi connectivity index (χ4v) is 3.48. The fourth-order valence-electron chi connectivity index (χ4n) is 3.48. The van der Waals surface area contributed by atoms with Gasteiger partial charge in [0.1, 0.15) is 11.5 Å². The zero-order valence-corrected chi connectivity index (χ0v) is 16.8. The highest BCUT2D eigenvalue weighted by molar-refractivity contribution is 5.80. The molecule has 0 saturated carbocycles. The number of likely N-dealkylation sites (tertiary alicyclic amines) is 1. The molecule has 0 spiro atoms. The normalized spacial score (nSPS) is 15.6. The Labute approximate surface area is 167 Å². The van der Waals surface area contributed by atoms with E-state index in [2.05, 4.69) is 28.4 Å². The van der Waals surface area contributed by atoms with Crippen LogP contribution in [-0.2, 0) is 17.9 Å². The van der Waals surface area contributed by atoms with E-state index in [1.54, 1.807) is 26.2 Å². The Hall–Kier alpha value is -2.53. The maximum Gasteiger partial charge on any atom is 0.261 e. The predicted molar refractivity (Wildman–Crippen MR) is 111 cm³/mol. The second-order valence-corrected chi connectivity index (χ2v) is 7.26. The molecule has 1 unspecified atom stereocenters. The number of hydrogen-bond acceptors (Lipinski definition) is 4. The molecule has 2 aromatic carbocycles. The van der Waals surface area contributed by atoms with Crippen molar-refractivity contribution in [3.05, 3.63) is 59.7 Å². The van der Waals surface area contributed by atoms with Crippen LogP contribution in [0.25, 0.3) is 0 Å². The van der Waals surface area contributed by atoms with E-state index in [0.717, 1.165) is 30.9 Å². The van der Waals surface area contributed by atoms with Crippen LogP contribution in [0, 0.1) is 0 Å². The van der Waals surface area contributed by atoms with Gasteiger partial charge >= 0.3 is 0 Å². The summed E-state index contributed by atoms with van der Waals surface area (Å²) in [7, 11) is 1.62. The summed E-state index contributed by atoms with van der Waals surface area (Å²) in [6.07, 6.45) is 3.32. The molecule has 1 saturated heterocycles. The lowest BCUT2D eigenvalue weighted by Gasteiger charge is -2.27. The van der Waals surface area contributed by atoms with Crippen LogP contribution in [0.4, 0.5) is 0 Å². The van der Waals surface area contributed by atoms with E-state index in [9.17, 15) is 4.79 Å². The van der Waals surface area contributed by atoms with Gasteiger partial charge in [-0.25, -0.2) is 0 Å². The van der Waals surface area contributed by atoms with E-state index < -0.39 is 6.10 Å². The number of hydrogen-bond donors (Lipinski definition) is 1. The van der Waals surface area contributed by atoms with Crippen molar-refractivity contribution in [3.8, 4) is 11.5 Å². The van der Waals surface area contributed by atoms with Crippen molar-refractivity contribution in [3.63, 3.8) is 0 Å². The minimum atomic E-state index is -0.567. The van der Waals surface area contributed by atoms with E-state index in [-0.39, 0.29) is 5.91 Å². The van der Waals surface area contributed by atoms with Crippen LogP contribution in [0.5, 0.6) is 11.5 Å². The lowest BCUT2D eigenvalue weighted by atomic mass is 10.0. The van der Waals surface area contributed by atoms with Crippen molar-refractivity contribution in [2.24, 2.45) is 0 Å². The van der Waals surface area contributed by atoms with Crippen LogP contribution in [0.1, 0.15) is 37.3 Å². The molecule has 1 heterocycles. The maximum absolute atomic E-state index is 12.5. The number of piperidine rings is 1. The van der Waals surface area contributed by atoms with Gasteiger partial charge in [0.05, 0.1) is 7.11 Å². The van der Waals surface area contributed by atoms with Gasteiger partial charge in [0.25, 0.3) is 5.91 Å². The van der Waals surface area contributed by atoms with Crippen molar-refractivity contribution < 1.29 is 14.3 Å². The Morgan fingerprint density at radius 1 is 1.00 bits per heavy atom. The van der Waals surface area contributed by atoms with E-state index in [1.807, 2.05) is 18.2 Å². The van der Waals surface area contributed by atoms with Gasteiger partial charge in [-0.2, -0.15) is 0 Å². The Kier molecular flexibility index (Phi) is 7.31. The van der Waals surface area contributed by atoms with Crippen LogP contribution in [0.3, 0.4) is 0 Å². The summed E-state index contributed by atoms with van der Waals surface area (Å²) in [6.45, 7) is 5.54. The first kappa shape index (κ1) is 20.2. The molecule has 28 heavy (non-hydrogen) atoms. The number of carbonyl (C=O) groups is 1. The highest BCUT2D eigenvalue weighted by Gasteiger charge is 2.16. The lowest BCUT2D eigenvalue weighted by Crippen LogP contribution is -2.36. The second kappa shape index (κ2) is 10.1. The Morgan fingerprint density at radius 3 is 2.32 bits per heavy atom. The van der Waals surface area contributed by atoms with Crippen molar-refractivity contribution >= 4 is 5.91 Å². The summed E-state index contributed by atoms with van der Waals surface area (Å²) < 4.78 is 10.9. The molecule has 1 aliphatic heterocycles. The number of amides is 1. The van der Waals surface area contributed by atoms with Gasteiger partial charge in [-0.15, -0.1) is 0 Å². The second-order valence-electron chi connectivity index (χ2n) is 7.26. The minimum absolute atomic E-state index is 0.122. The Balaban J connectivity index is 1.53. The van der Waals surface area contributed by atoms with Gasteiger partial charge in [0.15, 0.2) is 6.10 Å². The summed E-state index contributed by atoms with van der Waals surface area (Å²) in [5, 5.41) is 3.01. The molecule has 1 N–H and O–H groups in total. The van der Waals surface area contributed by atoms with Gasteiger partial charge in [-0.05, 0) is 68.2 Å². The van der Waals surface area contributed by atoms with E-state index in [4.69, 9.17) is 9.47 Å². The molecule has 0 aromatic heterocycles. The number of nitrogens with zero attached hydrogens (tertiary/aromatic N) is 1. The SMILES string of the molecule is COc1ccc(OC(C)C(=O)NCc2ccccc2CN2CCCCC2)cc1. The maximum atomic E-state index is 12.5. The predicted octanol–water partition coefficient (Wildman–Crippen LogP) is 3.76. The van der Waals surface area contributed by atoms with Crippen LogP contribution < -0.4 is 14.8 Å². The van der Waals surface area contributed by atoms with Crippen molar-refractivity contribution in [2.75, 3.05) is 20.2 Å². The number of carbonyl (C=O) groups excluding carboxylic acids is 1. The number of rotatable bonds is 8. The molecule has 0 bridgehead atoms. The topological polar surface area (TPSA) is 50.8 Å². The third-order valence-electron chi connectivity index (χ3n) is 5.16. The van der Waals surface area contributed by atoms with E-state index in [1.165, 1.54) is 24.8 Å². The zero-order chi connectivity index (χ0) is 19.8. The standard InChI is InChI=1S/C23H30N2O3/c1-18(28-22-12-10-21(27-2)11-13-22)23(26)24-16-19-8-4-5-9-20(19)17-25-14-6-3-7-15-25/h4-5,8-13,18H,3,6-7,14-17H2,1-2H3,(H,24,26). The average Bonchev–Trinajstić information content (AvgIpc) is 2.74. The molecular weight excluding hydrogens is 352 g/mol. The quantitative estimate of drug-likeness (QED) is 0.755. The third kappa shape index (κ3) is 5.73. The van der Waals surface area contributed by atoms with Crippen LogP contribution >= 0.6 is 0 Å². The molecule has 0 radical (unpaired) electrons. The monoisotopic (exact) mass is 382 g/mol. The van der Waals surface area contributed by atoms with Gasteiger partial charge in [-0.1, -0.05) is 30.7 Å². The third-order valence-corrected chi connectivity index (χ3v) is 5.16. The average molecular weight is 383 g/mol. The number of benzene rings is 2. The number of nitrogens with one attached hydrogen (secondary N) is 1. The lowest BCUT2D eigenvalue weighted by molar-refractivity contribution is -0.127. The first-order valence-corrected chi connectivity index (χ1v) is 10.0. The van der Waals surface area contributed by atoms with Gasteiger partial charge in [0, 0.05) is 13.1 Å². The van der Waals surface area contributed by atoms with Crippen LogP contribution in [-0.4, -0.2) is 37.1 Å². The van der Waals surface area contributed by atoms with Gasteiger partial charge < -0.3 is 14.8 Å². The summed E-state index contributed by atoms with van der Waals surface area (Å²) in [5.74, 6) is 1.28. The number of ether oxygens (including phenoxy) is 2. The molecule has 2 aromatic rings. The van der Waals surface area contributed by atoms with Gasteiger partial charge in [0.2, 0.25) is 0 Å². The largest absolute Gasteiger partial charge is 0.497 e. The summed E-state index contributed by atoms with van der Waals surface area (Å²) >= 11 is 0. The summed E-state index contributed by atoms with van der Waals surface area (Å²) in [4.78, 5) is 15.0. The van der Waals surface area contributed by atoms with E-state index >= 15 is 0 Å². The Bertz CT molecular complexity index is 755. The van der Waals surface area contributed by atoms with Crippen molar-refractivity contribution in [2.45, 2.75) is 45.4 Å². The molecule has 150 valence electrons. The molecule has 5 nitrogen and oxygen atoms in total. The van der Waals surface area contributed by atoms with Crippen molar-refractivity contribution in [1.29, 1.82) is 0 Å². The fraction of sp³-hybridized carbons (Fsp3) is 0.435. The molecular formula is C23H30N2O3. The van der Waals surface area contributed by atoms with Crippen LogP contribution in [0.15, 0.2) is 48.5 Å². The zero-order valence-electron chi connectivity index (χ0n) is 16.8. The first-order chi connectivity index (χ1) is 13.7. The molecule has 1 atom stereocenters. The van der Waals surface area contributed by atoms with Crippen LogP contribution in [0.2, 0.25) is 0 Å². The highest BCUT2D eigenvalue weighted by Crippen LogP contribution is 2.19. The molecule has 5 heteroatoms. The van der Waals surface area contributed by atoms with Gasteiger partial charge in [-0.3, -0.25) is 9.69 Å².